The third-order valence-electron chi connectivity index (χ3n) is 5.44. The van der Waals surface area contributed by atoms with E-state index < -0.39 is 0 Å². The van der Waals surface area contributed by atoms with E-state index in [1.54, 1.807) is 4.90 Å². The molecule has 0 spiro atoms. The van der Waals surface area contributed by atoms with Crippen molar-refractivity contribution in [3.8, 4) is 11.5 Å². The maximum atomic E-state index is 12.9. The molecule has 0 unspecified atom stereocenters. The molecule has 0 fully saturated rings. The number of hydrogen-bond acceptors (Lipinski definition) is 5. The summed E-state index contributed by atoms with van der Waals surface area (Å²) in [5.74, 6) is 1.31. The average Bonchev–Trinajstić information content (AvgIpc) is 3.22. The number of pyridine rings is 1. The highest BCUT2D eigenvalue weighted by Gasteiger charge is 2.19. The van der Waals surface area contributed by atoms with Crippen molar-refractivity contribution in [1.29, 1.82) is 0 Å². The van der Waals surface area contributed by atoms with Crippen molar-refractivity contribution >= 4 is 16.9 Å². The number of aliphatic hydroxyl groups is 1. The molecule has 0 saturated carbocycles. The van der Waals surface area contributed by atoms with Gasteiger partial charge in [-0.05, 0) is 61.0 Å². The summed E-state index contributed by atoms with van der Waals surface area (Å²) in [6, 6.07) is 11.1. The van der Waals surface area contributed by atoms with Crippen molar-refractivity contribution in [1.82, 2.24) is 15.2 Å². The number of carbonyl (C=O) groups excluding carboxylic acids is 1. The van der Waals surface area contributed by atoms with Crippen molar-refractivity contribution < 1.29 is 19.4 Å². The molecule has 4 rings (SSSR count). The minimum Gasteiger partial charge on any atom is -0.454 e. The molecular formula is C24H27N3O5. The van der Waals surface area contributed by atoms with Crippen LogP contribution in [-0.2, 0) is 13.1 Å². The molecule has 1 aliphatic heterocycles. The van der Waals surface area contributed by atoms with Crippen LogP contribution in [0.3, 0.4) is 0 Å². The summed E-state index contributed by atoms with van der Waals surface area (Å²) in [4.78, 5) is 30.3. The van der Waals surface area contributed by atoms with Crippen molar-refractivity contribution in [2.45, 2.75) is 33.4 Å². The quantitative estimate of drug-likeness (QED) is 0.493. The predicted molar refractivity (Wildman–Crippen MR) is 121 cm³/mol. The van der Waals surface area contributed by atoms with Crippen LogP contribution in [0.1, 0.15) is 28.7 Å². The number of aromatic amines is 1. The largest absolute Gasteiger partial charge is 0.454 e. The Morgan fingerprint density at radius 3 is 2.75 bits per heavy atom. The van der Waals surface area contributed by atoms with Crippen LogP contribution >= 0.6 is 0 Å². The zero-order valence-electron chi connectivity index (χ0n) is 18.2. The van der Waals surface area contributed by atoms with E-state index in [1.807, 2.05) is 50.2 Å². The van der Waals surface area contributed by atoms with Crippen LogP contribution < -0.4 is 20.3 Å². The fourth-order valence-electron chi connectivity index (χ4n) is 3.90. The third-order valence-corrected chi connectivity index (χ3v) is 5.44. The summed E-state index contributed by atoms with van der Waals surface area (Å²) in [6.07, 6.45) is 0.457. The second-order valence-corrected chi connectivity index (χ2v) is 8.02. The number of rotatable bonds is 7. The number of carbonyl (C=O) groups is 1. The molecule has 3 aromatic rings. The van der Waals surface area contributed by atoms with Gasteiger partial charge in [0.25, 0.3) is 5.56 Å². The van der Waals surface area contributed by atoms with Crippen LogP contribution in [0, 0.1) is 13.8 Å². The molecule has 3 N–H and O–H groups in total. The van der Waals surface area contributed by atoms with E-state index >= 15 is 0 Å². The van der Waals surface area contributed by atoms with E-state index in [2.05, 4.69) is 10.3 Å². The standard InChI is InChI=1S/C24H27N3O5/c1-15-8-16(2)22-18(9-15)11-19(23(29)26-22)13-27(24(30)25-6-3-7-28)12-17-4-5-20-21(10-17)32-14-31-20/h4-5,8-11,28H,3,6-7,12-14H2,1-2H3,(H,25,30)(H,26,29). The lowest BCUT2D eigenvalue weighted by Crippen LogP contribution is -2.40. The highest BCUT2D eigenvalue weighted by Crippen LogP contribution is 2.33. The van der Waals surface area contributed by atoms with Crippen molar-refractivity contribution in [2.75, 3.05) is 19.9 Å². The van der Waals surface area contributed by atoms with Gasteiger partial charge in [-0.25, -0.2) is 4.79 Å². The Morgan fingerprint density at radius 2 is 1.94 bits per heavy atom. The van der Waals surface area contributed by atoms with Gasteiger partial charge in [0.15, 0.2) is 11.5 Å². The number of amides is 2. The van der Waals surface area contributed by atoms with Gasteiger partial charge in [0, 0.05) is 25.3 Å². The molecular weight excluding hydrogens is 410 g/mol. The number of ether oxygens (including phenoxy) is 2. The Kier molecular flexibility index (Phi) is 6.32. The number of benzene rings is 2. The maximum Gasteiger partial charge on any atom is 0.318 e. The van der Waals surface area contributed by atoms with Crippen LogP contribution in [-0.4, -0.2) is 41.0 Å². The smallest absolute Gasteiger partial charge is 0.318 e. The van der Waals surface area contributed by atoms with Crippen molar-refractivity contribution in [3.63, 3.8) is 0 Å². The fourth-order valence-corrected chi connectivity index (χ4v) is 3.90. The average molecular weight is 437 g/mol. The van der Waals surface area contributed by atoms with Crippen LogP contribution in [0.25, 0.3) is 10.9 Å². The van der Waals surface area contributed by atoms with Crippen molar-refractivity contribution in [3.05, 3.63) is 69.0 Å². The van der Waals surface area contributed by atoms with Gasteiger partial charge >= 0.3 is 6.03 Å². The molecule has 2 amide bonds. The Hall–Kier alpha value is -3.52. The zero-order chi connectivity index (χ0) is 22.7. The molecule has 32 heavy (non-hydrogen) atoms. The molecule has 0 saturated heterocycles. The Balaban J connectivity index is 1.63. The predicted octanol–water partition coefficient (Wildman–Crippen LogP) is 2.97. The van der Waals surface area contributed by atoms with E-state index in [0.29, 0.717) is 30.0 Å². The Morgan fingerprint density at radius 1 is 1.12 bits per heavy atom. The number of aromatic nitrogens is 1. The summed E-state index contributed by atoms with van der Waals surface area (Å²) >= 11 is 0. The topological polar surface area (TPSA) is 104 Å². The summed E-state index contributed by atoms with van der Waals surface area (Å²) in [7, 11) is 0. The highest BCUT2D eigenvalue weighted by atomic mass is 16.7. The lowest BCUT2D eigenvalue weighted by atomic mass is 10.0. The van der Waals surface area contributed by atoms with Gasteiger partial charge in [0.2, 0.25) is 6.79 Å². The molecule has 1 aromatic heterocycles. The fraction of sp³-hybridized carbons (Fsp3) is 0.333. The Bertz CT molecular complexity index is 1200. The summed E-state index contributed by atoms with van der Waals surface area (Å²) < 4.78 is 10.8. The molecule has 8 nitrogen and oxygen atoms in total. The minimum atomic E-state index is -0.309. The molecule has 2 heterocycles. The first kappa shape index (κ1) is 21.7. The van der Waals surface area contributed by atoms with Crippen LogP contribution in [0.4, 0.5) is 4.79 Å². The minimum absolute atomic E-state index is 0.00845. The van der Waals surface area contributed by atoms with E-state index in [-0.39, 0.29) is 38.1 Å². The Labute approximate surface area is 185 Å². The summed E-state index contributed by atoms with van der Waals surface area (Å²) in [5, 5.41) is 12.8. The summed E-state index contributed by atoms with van der Waals surface area (Å²) in [6.45, 7) is 4.91. The maximum absolute atomic E-state index is 12.9. The molecule has 0 bridgehead atoms. The van der Waals surface area contributed by atoms with Gasteiger partial charge in [-0.15, -0.1) is 0 Å². The first-order valence-electron chi connectivity index (χ1n) is 10.6. The van der Waals surface area contributed by atoms with Gasteiger partial charge in [-0.2, -0.15) is 0 Å². The van der Waals surface area contributed by atoms with Gasteiger partial charge < -0.3 is 29.8 Å². The second kappa shape index (κ2) is 9.32. The van der Waals surface area contributed by atoms with Gasteiger partial charge in [0.1, 0.15) is 0 Å². The third kappa shape index (κ3) is 4.70. The molecule has 0 aliphatic carbocycles. The van der Waals surface area contributed by atoms with Crippen molar-refractivity contribution in [2.24, 2.45) is 0 Å². The van der Waals surface area contributed by atoms with E-state index in [1.165, 1.54) is 0 Å². The van der Waals surface area contributed by atoms with Gasteiger partial charge in [0.05, 0.1) is 12.1 Å². The van der Waals surface area contributed by atoms with E-state index in [9.17, 15) is 9.59 Å². The normalized spacial score (nSPS) is 12.2. The number of hydrogen-bond donors (Lipinski definition) is 3. The number of aryl methyl sites for hydroxylation is 2. The first-order valence-corrected chi connectivity index (χ1v) is 10.6. The molecule has 0 atom stereocenters. The van der Waals surface area contributed by atoms with Crippen LogP contribution in [0.5, 0.6) is 11.5 Å². The molecule has 168 valence electrons. The lowest BCUT2D eigenvalue weighted by Gasteiger charge is -2.23. The number of urea groups is 1. The number of H-pyrrole nitrogens is 1. The lowest BCUT2D eigenvalue weighted by molar-refractivity contribution is 0.173. The van der Waals surface area contributed by atoms with E-state index in [0.717, 1.165) is 27.6 Å². The number of nitrogens with one attached hydrogen (secondary N) is 2. The highest BCUT2D eigenvalue weighted by molar-refractivity contribution is 5.83. The summed E-state index contributed by atoms with van der Waals surface area (Å²) in [5.41, 5.74) is 4.05. The molecule has 1 aliphatic rings. The van der Waals surface area contributed by atoms with Gasteiger partial charge in [-0.1, -0.05) is 17.7 Å². The SMILES string of the molecule is Cc1cc(C)c2[nH]c(=O)c(CN(Cc3ccc4c(c3)OCO4)C(=O)NCCCO)cc2c1. The monoisotopic (exact) mass is 437 g/mol. The zero-order valence-corrected chi connectivity index (χ0v) is 18.2. The number of fused-ring (bicyclic) bond motifs is 2. The number of aliphatic hydroxyl groups excluding tert-OH is 1. The first-order chi connectivity index (χ1) is 15.4. The molecule has 0 radical (unpaired) electrons. The van der Waals surface area contributed by atoms with Gasteiger partial charge in [-0.3, -0.25) is 4.79 Å². The van der Waals surface area contributed by atoms with E-state index in [4.69, 9.17) is 14.6 Å². The van der Waals surface area contributed by atoms with Crippen LogP contribution in [0.15, 0.2) is 41.2 Å². The molecule has 8 heteroatoms. The molecule has 2 aromatic carbocycles. The van der Waals surface area contributed by atoms with Crippen LogP contribution in [0.2, 0.25) is 0 Å². The second-order valence-electron chi connectivity index (χ2n) is 8.02. The number of nitrogens with zero attached hydrogens (tertiary/aromatic N) is 1.